The van der Waals surface area contributed by atoms with E-state index in [2.05, 4.69) is 45.4 Å². The highest BCUT2D eigenvalue weighted by molar-refractivity contribution is 7.86. The van der Waals surface area contributed by atoms with Gasteiger partial charge in [0.15, 0.2) is 40.0 Å². The van der Waals surface area contributed by atoms with Crippen molar-refractivity contribution < 1.29 is 13.7 Å². The maximum Gasteiger partial charge on any atom is 0.296 e. The maximum absolute atomic E-state index is 13.2. The fourth-order valence-corrected chi connectivity index (χ4v) is 4.01. The number of hydrogen-bond donors (Lipinski definition) is 2. The zero-order valence-electron chi connectivity index (χ0n) is 19.7. The summed E-state index contributed by atoms with van der Waals surface area (Å²) in [6.07, 6.45) is 3.06. The highest BCUT2D eigenvalue weighted by atomic mass is 32.2. The van der Waals surface area contributed by atoms with Crippen molar-refractivity contribution in [3.8, 4) is 28.9 Å². The van der Waals surface area contributed by atoms with Gasteiger partial charge in [0.2, 0.25) is 5.75 Å². The molecule has 2 aromatic carbocycles. The van der Waals surface area contributed by atoms with Crippen LogP contribution in [0.4, 0.5) is 5.82 Å². The van der Waals surface area contributed by atoms with Crippen LogP contribution >= 0.6 is 0 Å². The molecule has 9 nitrogen and oxygen atoms in total. The number of nitrogens with zero attached hydrogens (tertiary/aromatic N) is 3. The van der Waals surface area contributed by atoms with Gasteiger partial charge in [0.1, 0.15) is 0 Å². The van der Waals surface area contributed by atoms with E-state index in [0.29, 0.717) is 16.4 Å². The molecule has 10 heteroatoms. The molecule has 4 rings (SSSR count). The summed E-state index contributed by atoms with van der Waals surface area (Å²) >= 11 is 0. The van der Waals surface area contributed by atoms with Crippen molar-refractivity contribution in [2.45, 2.75) is 31.1 Å². The average molecular weight is 492 g/mol. The first-order valence-electron chi connectivity index (χ1n) is 10.8. The molecule has 35 heavy (non-hydrogen) atoms. The van der Waals surface area contributed by atoms with Gasteiger partial charge in [-0.1, -0.05) is 45.0 Å². The number of methoxy groups -OCH3 is 1. The molecule has 0 aliphatic carbocycles. The second kappa shape index (κ2) is 10.1. The van der Waals surface area contributed by atoms with Crippen molar-refractivity contribution in [1.29, 1.82) is 0 Å². The minimum atomic E-state index is -1.74. The highest BCUT2D eigenvalue weighted by Crippen LogP contribution is 2.33. The van der Waals surface area contributed by atoms with Gasteiger partial charge in [-0.15, -0.1) is 0 Å². The lowest BCUT2D eigenvalue weighted by Crippen LogP contribution is -2.18. The van der Waals surface area contributed by atoms with E-state index in [1.807, 2.05) is 12.1 Å². The molecule has 0 radical (unpaired) electrons. The second-order valence-electron chi connectivity index (χ2n) is 8.56. The molecule has 0 saturated heterocycles. The third-order valence-electron chi connectivity index (χ3n) is 5.06. The van der Waals surface area contributed by atoms with Crippen molar-refractivity contribution in [3.05, 3.63) is 82.9 Å². The summed E-state index contributed by atoms with van der Waals surface area (Å²) < 4.78 is 27.2. The van der Waals surface area contributed by atoms with Crippen LogP contribution in [-0.4, -0.2) is 31.3 Å². The van der Waals surface area contributed by atoms with Crippen LogP contribution in [0.5, 0.6) is 17.2 Å². The predicted octanol–water partition coefficient (Wildman–Crippen LogP) is 4.46. The van der Waals surface area contributed by atoms with Crippen LogP contribution < -0.4 is 19.8 Å². The number of rotatable bonds is 7. The summed E-state index contributed by atoms with van der Waals surface area (Å²) in [5.74, 6) is 0.832. The maximum atomic E-state index is 13.2. The smallest absolute Gasteiger partial charge is 0.296 e. The van der Waals surface area contributed by atoms with E-state index in [9.17, 15) is 9.00 Å². The van der Waals surface area contributed by atoms with Gasteiger partial charge in [-0.25, -0.2) is 19.2 Å². The van der Waals surface area contributed by atoms with Gasteiger partial charge >= 0.3 is 0 Å². The molecule has 2 aromatic heterocycles. The fraction of sp³-hybridized carbons (Fsp3) is 0.200. The lowest BCUT2D eigenvalue weighted by Gasteiger charge is -2.19. The molecule has 2 N–H and O–H groups in total. The van der Waals surface area contributed by atoms with Crippen molar-refractivity contribution in [3.63, 3.8) is 0 Å². The number of H-pyrrole nitrogens is 1. The number of nitrogens with one attached hydrogen (secondary N) is 2. The van der Waals surface area contributed by atoms with Gasteiger partial charge in [-0.2, -0.15) is 0 Å². The van der Waals surface area contributed by atoms with E-state index >= 15 is 0 Å². The molecule has 0 bridgehead atoms. The molecule has 0 saturated carbocycles. The molecule has 0 spiro atoms. The third kappa shape index (κ3) is 5.55. The van der Waals surface area contributed by atoms with Crippen molar-refractivity contribution >= 4 is 16.8 Å². The van der Waals surface area contributed by atoms with E-state index in [1.54, 1.807) is 42.5 Å². The molecular weight excluding hydrogens is 466 g/mol. The average Bonchev–Trinajstić information content (AvgIpc) is 2.86. The van der Waals surface area contributed by atoms with Crippen molar-refractivity contribution in [1.82, 2.24) is 19.9 Å². The van der Waals surface area contributed by atoms with Crippen LogP contribution in [-0.2, 0) is 16.4 Å². The van der Waals surface area contributed by atoms with Gasteiger partial charge in [0.05, 0.1) is 12.0 Å². The number of anilines is 1. The lowest BCUT2D eigenvalue weighted by atomic mass is 9.87. The Balaban J connectivity index is 1.74. The van der Waals surface area contributed by atoms with Crippen LogP contribution in [0.1, 0.15) is 26.3 Å². The lowest BCUT2D eigenvalue weighted by molar-refractivity contribution is 0.377. The minimum Gasteiger partial charge on any atom is -0.493 e. The zero-order chi connectivity index (χ0) is 25.0. The van der Waals surface area contributed by atoms with E-state index in [1.165, 1.54) is 19.5 Å². The Morgan fingerprint density at radius 3 is 2.23 bits per heavy atom. The van der Waals surface area contributed by atoms with Crippen LogP contribution in [0.15, 0.2) is 76.7 Å². The van der Waals surface area contributed by atoms with Crippen LogP contribution in [0.3, 0.4) is 0 Å². The molecule has 4 aromatic rings. The van der Waals surface area contributed by atoms with Crippen LogP contribution in [0, 0.1) is 0 Å². The molecule has 180 valence electrons. The Bertz CT molecular complexity index is 1400. The zero-order valence-corrected chi connectivity index (χ0v) is 20.6. The first-order valence-corrected chi connectivity index (χ1v) is 11.9. The summed E-state index contributed by atoms with van der Waals surface area (Å²) in [6, 6.07) is 15.9. The number of benzene rings is 2. The first kappa shape index (κ1) is 24.1. The Labute approximate surface area is 205 Å². The molecular formula is C25H25N5O4S. The summed E-state index contributed by atoms with van der Waals surface area (Å²) in [7, 11) is -0.239. The van der Waals surface area contributed by atoms with E-state index in [-0.39, 0.29) is 28.6 Å². The summed E-state index contributed by atoms with van der Waals surface area (Å²) in [4.78, 5) is 28.9. The molecule has 0 amide bonds. The third-order valence-corrected chi connectivity index (χ3v) is 6.14. The Morgan fingerprint density at radius 1 is 0.943 bits per heavy atom. The number of para-hydroxylation sites is 2. The number of aromatic nitrogens is 4. The van der Waals surface area contributed by atoms with E-state index in [4.69, 9.17) is 9.47 Å². The quantitative estimate of drug-likeness (QED) is 0.392. The molecule has 1 atom stereocenters. The summed E-state index contributed by atoms with van der Waals surface area (Å²) in [6.45, 7) is 6.31. The first-order chi connectivity index (χ1) is 16.8. The summed E-state index contributed by atoms with van der Waals surface area (Å²) in [5, 5.41) is 0. The Kier molecular flexibility index (Phi) is 6.92. The van der Waals surface area contributed by atoms with Crippen LogP contribution in [0.2, 0.25) is 0 Å². The summed E-state index contributed by atoms with van der Waals surface area (Å²) in [5.41, 5.74) is 0.467. The van der Waals surface area contributed by atoms with Gasteiger partial charge in [-0.05, 0) is 41.3 Å². The van der Waals surface area contributed by atoms with Gasteiger partial charge in [-0.3, -0.25) is 9.52 Å². The van der Waals surface area contributed by atoms with Crippen molar-refractivity contribution in [2.24, 2.45) is 0 Å². The van der Waals surface area contributed by atoms with E-state index in [0.717, 1.165) is 5.56 Å². The number of ether oxygens (including phenoxy) is 2. The topological polar surface area (TPSA) is 119 Å². The monoisotopic (exact) mass is 491 g/mol. The predicted molar refractivity (Wildman–Crippen MR) is 134 cm³/mol. The van der Waals surface area contributed by atoms with Gasteiger partial charge < -0.3 is 14.5 Å². The highest BCUT2D eigenvalue weighted by Gasteiger charge is 2.20. The molecule has 2 heterocycles. The fourth-order valence-electron chi connectivity index (χ4n) is 3.19. The second-order valence-corrected chi connectivity index (χ2v) is 9.78. The Hall–Kier alpha value is -4.05. The van der Waals surface area contributed by atoms with E-state index < -0.39 is 16.5 Å². The number of aromatic amines is 1. The standard InChI is InChI=1S/C25H25N5O4S/c1-25(2,3)16-10-12-17(13-11-16)35(32)30-21-20(34-19-9-6-5-8-18(19)33-4)24(31)29-23(28-21)22-26-14-7-15-27-22/h5-15H,1-4H3,(H2,28,29,30,31). The SMILES string of the molecule is COc1ccccc1Oc1c(NS(=O)c2ccc(C(C)(C)C)cc2)nc(-c2ncccn2)[nH]c1=O. The normalized spacial score (nSPS) is 12.1. The van der Waals surface area contributed by atoms with Crippen molar-refractivity contribution in [2.75, 3.05) is 11.8 Å². The van der Waals surface area contributed by atoms with Gasteiger partial charge in [0, 0.05) is 12.4 Å². The Morgan fingerprint density at radius 2 is 1.60 bits per heavy atom. The largest absolute Gasteiger partial charge is 0.493 e. The number of hydrogen-bond acceptors (Lipinski definition) is 7. The van der Waals surface area contributed by atoms with Gasteiger partial charge in [0.25, 0.3) is 5.56 Å². The molecule has 0 aliphatic heterocycles. The molecule has 0 fully saturated rings. The van der Waals surface area contributed by atoms with Crippen LogP contribution in [0.25, 0.3) is 11.6 Å². The molecule has 0 aliphatic rings. The molecule has 1 unspecified atom stereocenters. The minimum absolute atomic E-state index is 0.0275.